The first kappa shape index (κ1) is 40.1. The minimum atomic E-state index is -0.518. The van der Waals surface area contributed by atoms with Crippen LogP contribution in [0.1, 0.15) is 41.3 Å². The van der Waals surface area contributed by atoms with Gasteiger partial charge in [0, 0.05) is 75.0 Å². The second-order valence-corrected chi connectivity index (χ2v) is 15.7. The highest BCUT2D eigenvalue weighted by Gasteiger charge is 2.29. The monoisotopic (exact) mass is 815 g/mol. The van der Waals surface area contributed by atoms with Crippen molar-refractivity contribution < 1.29 is 18.7 Å². The highest BCUT2D eigenvalue weighted by Crippen LogP contribution is 2.39. The summed E-state index contributed by atoms with van der Waals surface area (Å²) >= 11 is 1.85. The predicted molar refractivity (Wildman–Crippen MR) is 235 cm³/mol. The summed E-state index contributed by atoms with van der Waals surface area (Å²) in [7, 11) is 3.19. The van der Waals surface area contributed by atoms with Crippen molar-refractivity contribution in [1.29, 1.82) is 0 Å². The number of hydrogen-bond acceptors (Lipinski definition) is 11. The maximum absolute atomic E-state index is 14.8. The average molecular weight is 816 g/mol. The van der Waals surface area contributed by atoms with Crippen molar-refractivity contribution >= 4 is 46.5 Å². The summed E-state index contributed by atoms with van der Waals surface area (Å²) in [6, 6.07) is 22.5. The minimum Gasteiger partial charge on any atom is -0.496 e. The van der Waals surface area contributed by atoms with E-state index in [0.29, 0.717) is 57.3 Å². The fourth-order valence-electron chi connectivity index (χ4n) is 8.30. The molecule has 8 rings (SSSR count). The maximum Gasteiger partial charge on any atom is 0.259 e. The standard InChI is InChI=1S/C45H50FN9O3S/c1-6-30-27-36(39(58-4)28-37(30)53-20-16-32(17-21-53)52-22-24-54(59-5)25-23-52)49-45-47-18-15-35(48-45)43-42(50-40-12-7-8-19-55(40)43)31-13-14-38(57-3)33(26-31)44(56)51-41-29(2)10-9-11-34(41)46/h7-15,18-19,26-28,32H,6,16-17,20-25H2,1-5H3,(H,51,56)(H,47,48,49). The van der Waals surface area contributed by atoms with Gasteiger partial charge in [0.1, 0.15) is 23.0 Å². The lowest BCUT2D eigenvalue weighted by atomic mass is 9.99. The van der Waals surface area contributed by atoms with E-state index in [1.54, 1.807) is 44.5 Å². The quantitative estimate of drug-likeness (QED) is 0.116. The van der Waals surface area contributed by atoms with E-state index in [9.17, 15) is 9.18 Å². The number of nitrogens with zero attached hydrogens (tertiary/aromatic N) is 7. The Bertz CT molecular complexity index is 2440. The third-order valence-electron chi connectivity index (χ3n) is 11.5. The molecule has 2 saturated heterocycles. The fourth-order valence-corrected chi connectivity index (χ4v) is 8.83. The van der Waals surface area contributed by atoms with Crippen molar-refractivity contribution in [2.45, 2.75) is 39.2 Å². The highest BCUT2D eigenvalue weighted by atomic mass is 32.2. The number of benzene rings is 3. The van der Waals surface area contributed by atoms with Gasteiger partial charge >= 0.3 is 0 Å². The van der Waals surface area contributed by atoms with Gasteiger partial charge in [-0.05, 0) is 92.1 Å². The van der Waals surface area contributed by atoms with Gasteiger partial charge in [-0.15, -0.1) is 0 Å². The molecule has 0 bridgehead atoms. The Labute approximate surface area is 348 Å². The molecule has 0 saturated carbocycles. The van der Waals surface area contributed by atoms with Crippen LogP contribution in [0.3, 0.4) is 0 Å². The molecule has 5 heterocycles. The second kappa shape index (κ2) is 17.7. The zero-order valence-corrected chi connectivity index (χ0v) is 35.0. The number of nitrogens with one attached hydrogen (secondary N) is 2. The Kier molecular flexibility index (Phi) is 12.0. The maximum atomic E-state index is 14.8. The molecule has 0 atom stereocenters. The van der Waals surface area contributed by atoms with Crippen molar-refractivity contribution in [3.63, 3.8) is 0 Å². The molecule has 14 heteroatoms. The van der Waals surface area contributed by atoms with E-state index in [0.717, 1.165) is 64.2 Å². The molecule has 0 radical (unpaired) electrons. The Morgan fingerprint density at radius 1 is 0.915 bits per heavy atom. The Morgan fingerprint density at radius 2 is 1.71 bits per heavy atom. The van der Waals surface area contributed by atoms with E-state index >= 15 is 0 Å². The van der Waals surface area contributed by atoms with Crippen LogP contribution in [0.4, 0.5) is 27.4 Å². The number of aromatic nitrogens is 4. The lowest BCUT2D eigenvalue weighted by molar-refractivity contribution is 0.102. The van der Waals surface area contributed by atoms with Gasteiger partial charge in [-0.2, -0.15) is 0 Å². The number of methoxy groups -OCH3 is 2. The molecule has 3 aromatic carbocycles. The number of para-hydroxylation sites is 1. The van der Waals surface area contributed by atoms with Crippen LogP contribution in [0, 0.1) is 12.7 Å². The van der Waals surface area contributed by atoms with Crippen LogP contribution >= 0.6 is 11.9 Å². The molecular weight excluding hydrogens is 766 g/mol. The Hall–Kier alpha value is -5.70. The number of fused-ring (bicyclic) bond motifs is 1. The predicted octanol–water partition coefficient (Wildman–Crippen LogP) is 8.35. The first-order chi connectivity index (χ1) is 28.8. The summed E-state index contributed by atoms with van der Waals surface area (Å²) in [5.41, 5.74) is 7.44. The zero-order valence-electron chi connectivity index (χ0n) is 34.2. The molecule has 2 fully saturated rings. The first-order valence-electron chi connectivity index (χ1n) is 20.1. The third-order valence-corrected chi connectivity index (χ3v) is 12.4. The zero-order chi connectivity index (χ0) is 41.0. The normalized spacial score (nSPS) is 15.4. The van der Waals surface area contributed by atoms with Crippen molar-refractivity contribution in [3.8, 4) is 34.1 Å². The molecule has 0 unspecified atom stereocenters. The summed E-state index contributed by atoms with van der Waals surface area (Å²) in [5, 5.41) is 6.20. The van der Waals surface area contributed by atoms with Crippen LogP contribution in [0.25, 0.3) is 28.3 Å². The Balaban J connectivity index is 1.07. The molecule has 306 valence electrons. The first-order valence-corrected chi connectivity index (χ1v) is 21.3. The van der Waals surface area contributed by atoms with E-state index in [1.165, 1.54) is 24.4 Å². The van der Waals surface area contributed by atoms with Gasteiger partial charge in [0.25, 0.3) is 5.91 Å². The average Bonchev–Trinajstić information content (AvgIpc) is 3.67. The van der Waals surface area contributed by atoms with E-state index in [4.69, 9.17) is 19.4 Å². The highest BCUT2D eigenvalue weighted by molar-refractivity contribution is 7.96. The van der Waals surface area contributed by atoms with Crippen LogP contribution in [0.5, 0.6) is 11.5 Å². The van der Waals surface area contributed by atoms with E-state index in [2.05, 4.69) is 55.0 Å². The molecule has 2 N–H and O–H groups in total. The number of ether oxygens (including phenoxy) is 2. The molecule has 0 aliphatic carbocycles. The Morgan fingerprint density at radius 3 is 2.44 bits per heavy atom. The number of aryl methyl sites for hydroxylation is 2. The number of rotatable bonds is 12. The number of carbonyl (C=O) groups excluding carboxylic acids is 1. The molecule has 59 heavy (non-hydrogen) atoms. The molecule has 6 aromatic rings. The third kappa shape index (κ3) is 8.30. The van der Waals surface area contributed by atoms with E-state index < -0.39 is 11.7 Å². The minimum absolute atomic E-state index is 0.118. The van der Waals surface area contributed by atoms with Crippen molar-refractivity contribution in [2.75, 3.05) is 75.3 Å². The van der Waals surface area contributed by atoms with E-state index in [-0.39, 0.29) is 11.3 Å². The smallest absolute Gasteiger partial charge is 0.259 e. The van der Waals surface area contributed by atoms with E-state index in [1.807, 2.05) is 52.9 Å². The molecule has 12 nitrogen and oxygen atoms in total. The number of carbonyl (C=O) groups is 1. The summed E-state index contributed by atoms with van der Waals surface area (Å²) in [4.78, 5) is 33.5. The number of piperidine rings is 1. The summed E-state index contributed by atoms with van der Waals surface area (Å²) < 4.78 is 30.7. The number of halogens is 1. The van der Waals surface area contributed by atoms with Gasteiger partial charge in [0.15, 0.2) is 0 Å². The van der Waals surface area contributed by atoms with Crippen molar-refractivity contribution in [3.05, 3.63) is 108 Å². The summed E-state index contributed by atoms with van der Waals surface area (Å²) in [6.45, 7) is 10.5. The number of hydrogen-bond donors (Lipinski definition) is 2. The van der Waals surface area contributed by atoms with Crippen LogP contribution in [0.2, 0.25) is 0 Å². The number of anilines is 4. The van der Waals surface area contributed by atoms with Crippen LogP contribution in [0.15, 0.2) is 85.2 Å². The topological polar surface area (TPSA) is 112 Å². The number of pyridine rings is 1. The fraction of sp³-hybridized carbons (Fsp3) is 0.333. The van der Waals surface area contributed by atoms with Crippen LogP contribution in [-0.2, 0) is 6.42 Å². The second-order valence-electron chi connectivity index (χ2n) is 14.8. The largest absolute Gasteiger partial charge is 0.496 e. The van der Waals surface area contributed by atoms with Crippen molar-refractivity contribution in [1.82, 2.24) is 28.6 Å². The van der Waals surface area contributed by atoms with Crippen molar-refractivity contribution in [2.24, 2.45) is 0 Å². The molecular formula is C45H50FN9O3S. The number of amides is 1. The van der Waals surface area contributed by atoms with Gasteiger partial charge < -0.3 is 25.0 Å². The van der Waals surface area contributed by atoms with Gasteiger partial charge in [-0.3, -0.25) is 14.1 Å². The number of imidazole rings is 1. The van der Waals surface area contributed by atoms with Crippen LogP contribution in [-0.4, -0.2) is 100 Å². The van der Waals surface area contributed by atoms with Gasteiger partial charge in [-0.25, -0.2) is 23.6 Å². The van der Waals surface area contributed by atoms with Gasteiger partial charge in [0.2, 0.25) is 5.95 Å². The molecule has 2 aliphatic heterocycles. The molecule has 2 aliphatic rings. The van der Waals surface area contributed by atoms with Gasteiger partial charge in [-0.1, -0.05) is 37.1 Å². The summed E-state index contributed by atoms with van der Waals surface area (Å²) in [6.07, 6.45) is 8.97. The van der Waals surface area contributed by atoms with Gasteiger partial charge in [0.05, 0.1) is 48.2 Å². The lowest BCUT2D eigenvalue weighted by Gasteiger charge is -2.43. The number of piperazine rings is 1. The SMILES string of the molecule is CCc1cc(Nc2nccc(-c3c(-c4ccc(OC)c(C(=O)Nc5c(C)cccc5F)c4)nc4ccccn34)n2)c(OC)cc1N1CCC(N2CCN(SC)CC2)CC1. The van der Waals surface area contributed by atoms with Crippen LogP contribution < -0.4 is 25.0 Å². The lowest BCUT2D eigenvalue weighted by Crippen LogP contribution is -2.51. The summed E-state index contributed by atoms with van der Waals surface area (Å²) in [5.74, 6) is 0.425. The molecule has 1 amide bonds. The molecule has 0 spiro atoms. The molecule has 3 aromatic heterocycles.